The van der Waals surface area contributed by atoms with Crippen LogP contribution >= 0.6 is 9.47 Å². The summed E-state index contributed by atoms with van der Waals surface area (Å²) in [4.78, 5) is 0. The van der Waals surface area contributed by atoms with E-state index < -0.39 is 0 Å². The van der Waals surface area contributed by atoms with E-state index in [0.717, 1.165) is 12.3 Å². The van der Waals surface area contributed by atoms with Crippen molar-refractivity contribution in [3.63, 3.8) is 0 Å². The van der Waals surface area contributed by atoms with Crippen molar-refractivity contribution in [3.8, 4) is 0 Å². The molecule has 1 fully saturated rings. The fourth-order valence-corrected chi connectivity index (χ4v) is 1.54. The molecule has 0 aromatic carbocycles. The Hall–Kier alpha value is 2.60. The third-order valence-corrected chi connectivity index (χ3v) is 2.40. The summed E-state index contributed by atoms with van der Waals surface area (Å²) in [5.41, 5.74) is 0. The van der Waals surface area contributed by atoms with Gasteiger partial charge in [0.05, 0.1) is 0 Å². The van der Waals surface area contributed by atoms with Crippen LogP contribution in [0.2, 0.25) is 0 Å². The van der Waals surface area contributed by atoms with Gasteiger partial charge < -0.3 is 10.9 Å². The molecule has 1 aliphatic carbocycles. The standard InChI is InChI=1S/C7H14OP.2Y/c1-2-6-3-4-7(5-6)8-9;;/h3,6-7H,2,4-5,9H2,1H3;;/q-1;;/t6-,7?;;/m1../s1. The summed E-state index contributed by atoms with van der Waals surface area (Å²) in [6.07, 6.45) is 6.49. The molecule has 1 saturated carbocycles. The van der Waals surface area contributed by atoms with Gasteiger partial charge >= 0.3 is 0 Å². The number of hydrogen-bond acceptors (Lipinski definition) is 1. The molecule has 0 amide bonds. The summed E-state index contributed by atoms with van der Waals surface area (Å²) in [6, 6.07) is 0. The molecule has 0 aromatic rings. The van der Waals surface area contributed by atoms with Gasteiger partial charge in [-0.2, -0.15) is 12.3 Å². The van der Waals surface area contributed by atoms with Gasteiger partial charge in [-0.15, -0.1) is 0 Å². The molecular weight excluding hydrogens is 309 g/mol. The fourth-order valence-electron chi connectivity index (χ4n) is 1.32. The maximum absolute atomic E-state index is 5.13. The summed E-state index contributed by atoms with van der Waals surface area (Å²) < 4.78 is 5.13. The molecule has 0 spiro atoms. The van der Waals surface area contributed by atoms with Gasteiger partial charge in [-0.25, -0.2) is 0 Å². The van der Waals surface area contributed by atoms with E-state index in [-0.39, 0.29) is 65.4 Å². The Labute approximate surface area is 122 Å². The van der Waals surface area contributed by atoms with E-state index in [4.69, 9.17) is 4.52 Å². The molecule has 0 bridgehead atoms. The summed E-state index contributed by atoms with van der Waals surface area (Å²) in [5.74, 6) is 0.815. The molecule has 1 rings (SSSR count). The quantitative estimate of drug-likeness (QED) is 0.559. The Kier molecular flexibility index (Phi) is 13.4. The maximum Gasteiger partial charge on any atom is 0.0321 e. The minimum atomic E-state index is 0. The minimum absolute atomic E-state index is 0. The number of hydrogen-bond donors (Lipinski definition) is 0. The molecule has 1 aliphatic rings. The van der Waals surface area contributed by atoms with Crippen molar-refractivity contribution in [2.75, 3.05) is 0 Å². The van der Waals surface area contributed by atoms with E-state index in [2.05, 4.69) is 22.8 Å². The summed E-state index contributed by atoms with van der Waals surface area (Å²) in [5, 5.41) is 0. The Balaban J connectivity index is 0. The van der Waals surface area contributed by atoms with Crippen LogP contribution in [0.15, 0.2) is 0 Å². The van der Waals surface area contributed by atoms with E-state index in [1.807, 2.05) is 0 Å². The van der Waals surface area contributed by atoms with E-state index in [1.165, 1.54) is 12.8 Å². The molecule has 60 valence electrons. The van der Waals surface area contributed by atoms with Crippen LogP contribution in [0.5, 0.6) is 0 Å². The predicted octanol–water partition coefficient (Wildman–Crippen LogP) is 2.18. The molecule has 2 unspecified atom stereocenters. The van der Waals surface area contributed by atoms with Gasteiger partial charge in [0.25, 0.3) is 0 Å². The average Bonchev–Trinajstić information content (AvgIpc) is 2.34. The summed E-state index contributed by atoms with van der Waals surface area (Å²) in [6.45, 7) is 2.23. The van der Waals surface area contributed by atoms with Gasteiger partial charge in [0.2, 0.25) is 0 Å². The van der Waals surface area contributed by atoms with Crippen molar-refractivity contribution in [2.24, 2.45) is 5.92 Å². The van der Waals surface area contributed by atoms with Crippen LogP contribution in [-0.2, 0) is 69.9 Å². The molecule has 0 aliphatic heterocycles. The fraction of sp³-hybridized carbons (Fsp3) is 0.857. The van der Waals surface area contributed by atoms with Gasteiger partial charge in [-0.05, 0) is 0 Å². The van der Waals surface area contributed by atoms with Crippen LogP contribution in [0.1, 0.15) is 26.2 Å². The van der Waals surface area contributed by atoms with Crippen LogP contribution in [-0.4, -0.2) is 6.10 Å². The third kappa shape index (κ3) is 5.82. The monoisotopic (exact) mass is 323 g/mol. The van der Waals surface area contributed by atoms with Crippen molar-refractivity contribution in [2.45, 2.75) is 32.3 Å². The van der Waals surface area contributed by atoms with Crippen LogP contribution in [0.4, 0.5) is 0 Å². The Morgan fingerprint density at radius 1 is 1.55 bits per heavy atom. The van der Waals surface area contributed by atoms with Crippen molar-refractivity contribution >= 4 is 9.47 Å². The molecule has 11 heavy (non-hydrogen) atoms. The van der Waals surface area contributed by atoms with Gasteiger partial charge in [-0.1, -0.05) is 19.8 Å². The molecule has 4 heteroatoms. The second-order valence-electron chi connectivity index (χ2n) is 2.63. The predicted molar refractivity (Wildman–Crippen MR) is 41.9 cm³/mol. The minimum Gasteiger partial charge on any atom is -0.365 e. The summed E-state index contributed by atoms with van der Waals surface area (Å²) in [7, 11) is 2.34. The van der Waals surface area contributed by atoms with E-state index in [0.29, 0.717) is 6.10 Å². The van der Waals surface area contributed by atoms with E-state index in [9.17, 15) is 0 Å². The van der Waals surface area contributed by atoms with Crippen molar-refractivity contribution in [1.82, 2.24) is 0 Å². The zero-order valence-electron chi connectivity index (χ0n) is 6.99. The maximum atomic E-state index is 5.13. The average molecular weight is 323 g/mol. The molecular formula is C7H14OPY2-. The smallest absolute Gasteiger partial charge is 0.0321 e. The Morgan fingerprint density at radius 2 is 2.18 bits per heavy atom. The first-order valence-electron chi connectivity index (χ1n) is 3.55. The van der Waals surface area contributed by atoms with Gasteiger partial charge in [0.15, 0.2) is 0 Å². The van der Waals surface area contributed by atoms with Crippen LogP contribution in [0.3, 0.4) is 0 Å². The third-order valence-electron chi connectivity index (χ3n) is 2.01. The molecule has 3 atom stereocenters. The summed E-state index contributed by atoms with van der Waals surface area (Å²) >= 11 is 0. The normalized spacial score (nSPS) is 28.9. The second kappa shape index (κ2) is 9.16. The first-order valence-corrected chi connectivity index (χ1v) is 4.02. The zero-order chi connectivity index (χ0) is 6.69. The van der Waals surface area contributed by atoms with E-state index in [1.54, 1.807) is 0 Å². The molecule has 0 aromatic heterocycles. The molecule has 0 N–H and O–H groups in total. The van der Waals surface area contributed by atoms with Crippen molar-refractivity contribution in [3.05, 3.63) is 6.42 Å². The zero-order valence-corrected chi connectivity index (χ0v) is 13.8. The molecule has 0 saturated heterocycles. The molecule has 2 radical (unpaired) electrons. The molecule has 1 nitrogen and oxygen atoms in total. The van der Waals surface area contributed by atoms with Gasteiger partial charge in [-0.3, -0.25) is 0 Å². The number of rotatable bonds is 2. The largest absolute Gasteiger partial charge is 0.365 e. The first-order chi connectivity index (χ1) is 4.36. The van der Waals surface area contributed by atoms with E-state index >= 15 is 0 Å². The Bertz CT molecular complexity index is 82.5. The van der Waals surface area contributed by atoms with Gasteiger partial charge in [0, 0.05) is 81.0 Å². The van der Waals surface area contributed by atoms with Crippen LogP contribution < -0.4 is 0 Å². The van der Waals surface area contributed by atoms with Crippen LogP contribution in [0.25, 0.3) is 0 Å². The second-order valence-corrected chi connectivity index (χ2v) is 2.91. The van der Waals surface area contributed by atoms with Gasteiger partial charge in [0.1, 0.15) is 0 Å². The molecule has 0 heterocycles. The Morgan fingerprint density at radius 3 is 2.45 bits per heavy atom. The SMILES string of the molecule is CC[C@@H]1[CH-]CC(OP)C1.[Y].[Y]. The van der Waals surface area contributed by atoms with Crippen LogP contribution in [0, 0.1) is 12.3 Å². The first kappa shape index (κ1) is 16.0. The van der Waals surface area contributed by atoms with Crippen molar-refractivity contribution < 1.29 is 69.9 Å². The topological polar surface area (TPSA) is 9.23 Å². The van der Waals surface area contributed by atoms with Crippen molar-refractivity contribution in [1.29, 1.82) is 0 Å².